The molecule has 2 aliphatic rings. The summed E-state index contributed by atoms with van der Waals surface area (Å²) in [5, 5.41) is 12.0. The summed E-state index contributed by atoms with van der Waals surface area (Å²) >= 11 is 1.29. The number of anilines is 1. The molecule has 2 aliphatic heterocycles. The number of Topliss-reactive ketones (excluding diaryl/α,β-unsaturated/α-hetero) is 1. The van der Waals surface area contributed by atoms with Gasteiger partial charge in [0.1, 0.15) is 35.7 Å². The SMILES string of the molecule is CCOc1ccc2nc(N3C(=O)C(=O)/C(=C(\O)c4ccc5c(c4)CC(C)O5)C3c3ccc(OCc4ccccc4)cc3)sc2c1. The normalized spacial score (nSPS) is 18.7. The maximum atomic E-state index is 13.8. The number of aliphatic hydroxyl groups excluding tert-OH is 1. The number of rotatable bonds is 8. The first kappa shape index (κ1) is 28.6. The average molecular weight is 619 g/mol. The Morgan fingerprint density at radius 1 is 0.978 bits per heavy atom. The molecule has 8 nitrogen and oxygen atoms in total. The van der Waals surface area contributed by atoms with Gasteiger partial charge in [-0.25, -0.2) is 4.98 Å². The number of amides is 1. The minimum absolute atomic E-state index is 0.000806. The van der Waals surface area contributed by atoms with Crippen LogP contribution in [0.3, 0.4) is 0 Å². The smallest absolute Gasteiger partial charge is 0.301 e. The van der Waals surface area contributed by atoms with Gasteiger partial charge in [-0.05, 0) is 79.1 Å². The van der Waals surface area contributed by atoms with Crippen LogP contribution in [0.5, 0.6) is 17.2 Å². The molecule has 45 heavy (non-hydrogen) atoms. The highest BCUT2D eigenvalue weighted by Crippen LogP contribution is 2.45. The Balaban J connectivity index is 1.30. The number of carbonyl (C=O) groups excluding carboxylic acids is 2. The maximum Gasteiger partial charge on any atom is 0.301 e. The summed E-state index contributed by atoms with van der Waals surface area (Å²) in [6.07, 6.45) is 0.710. The lowest BCUT2D eigenvalue weighted by Gasteiger charge is -2.23. The molecule has 0 radical (unpaired) electrons. The Bertz CT molecular complexity index is 1950. The van der Waals surface area contributed by atoms with Crippen LogP contribution in [0.1, 0.15) is 42.1 Å². The highest BCUT2D eigenvalue weighted by molar-refractivity contribution is 7.22. The second-order valence-corrected chi connectivity index (χ2v) is 12.0. The summed E-state index contributed by atoms with van der Waals surface area (Å²) < 4.78 is 18.3. The molecule has 2 unspecified atom stereocenters. The van der Waals surface area contributed by atoms with E-state index in [9.17, 15) is 14.7 Å². The number of hydrogen-bond donors (Lipinski definition) is 1. The molecule has 1 aromatic heterocycles. The Morgan fingerprint density at radius 3 is 2.53 bits per heavy atom. The second kappa shape index (κ2) is 11.7. The second-order valence-electron chi connectivity index (χ2n) is 11.0. The number of ketones is 1. The van der Waals surface area contributed by atoms with E-state index in [-0.39, 0.29) is 17.4 Å². The van der Waals surface area contributed by atoms with Crippen LogP contribution in [-0.4, -0.2) is 34.5 Å². The summed E-state index contributed by atoms with van der Waals surface area (Å²) in [7, 11) is 0. The third-order valence-corrected chi connectivity index (χ3v) is 8.94. The van der Waals surface area contributed by atoms with Crippen molar-refractivity contribution in [3.8, 4) is 17.2 Å². The van der Waals surface area contributed by atoms with E-state index in [1.54, 1.807) is 24.3 Å². The fraction of sp³-hybridized carbons (Fsp3) is 0.194. The lowest BCUT2D eigenvalue weighted by Crippen LogP contribution is -2.29. The van der Waals surface area contributed by atoms with Crippen LogP contribution in [0.2, 0.25) is 0 Å². The van der Waals surface area contributed by atoms with Crippen LogP contribution in [0.25, 0.3) is 16.0 Å². The van der Waals surface area contributed by atoms with Gasteiger partial charge in [-0.3, -0.25) is 14.5 Å². The summed E-state index contributed by atoms with van der Waals surface area (Å²) in [6.45, 7) is 4.81. The summed E-state index contributed by atoms with van der Waals surface area (Å²) in [5.74, 6) is 0.306. The average Bonchev–Trinajstić information content (AvgIpc) is 3.72. The van der Waals surface area contributed by atoms with Crippen molar-refractivity contribution in [3.63, 3.8) is 0 Å². The number of fused-ring (bicyclic) bond motifs is 2. The number of carbonyl (C=O) groups is 2. The van der Waals surface area contributed by atoms with Crippen molar-refractivity contribution in [1.82, 2.24) is 4.98 Å². The highest BCUT2D eigenvalue weighted by atomic mass is 32.1. The van der Waals surface area contributed by atoms with Gasteiger partial charge in [0.2, 0.25) is 0 Å². The van der Waals surface area contributed by atoms with E-state index < -0.39 is 17.7 Å². The number of aromatic nitrogens is 1. The van der Waals surface area contributed by atoms with E-state index in [1.807, 2.05) is 80.6 Å². The van der Waals surface area contributed by atoms with Gasteiger partial charge in [0.15, 0.2) is 5.13 Å². The van der Waals surface area contributed by atoms with E-state index in [4.69, 9.17) is 19.2 Å². The van der Waals surface area contributed by atoms with Crippen molar-refractivity contribution in [2.75, 3.05) is 11.5 Å². The van der Waals surface area contributed by atoms with Crippen LogP contribution < -0.4 is 19.1 Å². The number of benzene rings is 4. The lowest BCUT2D eigenvalue weighted by atomic mass is 9.94. The van der Waals surface area contributed by atoms with Crippen molar-refractivity contribution in [2.24, 2.45) is 0 Å². The largest absolute Gasteiger partial charge is 0.507 e. The number of hydrogen-bond acceptors (Lipinski definition) is 8. The summed E-state index contributed by atoms with van der Waals surface area (Å²) in [5.41, 5.74) is 3.73. The maximum absolute atomic E-state index is 13.8. The van der Waals surface area contributed by atoms with Gasteiger partial charge in [-0.2, -0.15) is 0 Å². The molecule has 0 spiro atoms. The molecule has 2 atom stereocenters. The third-order valence-electron chi connectivity index (χ3n) is 7.92. The van der Waals surface area contributed by atoms with Crippen LogP contribution >= 0.6 is 11.3 Å². The number of nitrogens with zero attached hydrogens (tertiary/aromatic N) is 2. The summed E-state index contributed by atoms with van der Waals surface area (Å²) in [4.78, 5) is 33.6. The zero-order chi connectivity index (χ0) is 31.1. The van der Waals surface area contributed by atoms with Gasteiger partial charge in [-0.1, -0.05) is 53.8 Å². The fourth-order valence-corrected chi connectivity index (χ4v) is 6.83. The molecule has 9 heteroatoms. The van der Waals surface area contributed by atoms with Crippen molar-refractivity contribution in [1.29, 1.82) is 0 Å². The van der Waals surface area contributed by atoms with E-state index in [0.29, 0.717) is 52.9 Å². The van der Waals surface area contributed by atoms with Crippen molar-refractivity contribution in [2.45, 2.75) is 39.0 Å². The molecular formula is C36H30N2O6S. The Kier molecular flexibility index (Phi) is 7.47. The molecule has 7 rings (SSSR count). The molecule has 1 amide bonds. The van der Waals surface area contributed by atoms with Crippen molar-refractivity contribution in [3.05, 3.63) is 119 Å². The third kappa shape index (κ3) is 5.40. The van der Waals surface area contributed by atoms with Gasteiger partial charge in [0.05, 0.1) is 28.4 Å². The van der Waals surface area contributed by atoms with E-state index >= 15 is 0 Å². The number of thiazole rings is 1. The van der Waals surface area contributed by atoms with Crippen molar-refractivity contribution >= 4 is 44.1 Å². The molecule has 1 saturated heterocycles. The van der Waals surface area contributed by atoms with Gasteiger partial charge >= 0.3 is 5.91 Å². The van der Waals surface area contributed by atoms with Gasteiger partial charge < -0.3 is 19.3 Å². The monoisotopic (exact) mass is 618 g/mol. The molecule has 1 N–H and O–H groups in total. The zero-order valence-corrected chi connectivity index (χ0v) is 25.5. The quantitative estimate of drug-likeness (QED) is 0.111. The first-order valence-electron chi connectivity index (χ1n) is 14.8. The lowest BCUT2D eigenvalue weighted by molar-refractivity contribution is -0.132. The van der Waals surface area contributed by atoms with E-state index in [1.165, 1.54) is 16.2 Å². The number of ether oxygens (including phenoxy) is 3. The fourth-order valence-electron chi connectivity index (χ4n) is 5.81. The van der Waals surface area contributed by atoms with Crippen LogP contribution in [0.4, 0.5) is 5.13 Å². The molecular weight excluding hydrogens is 588 g/mol. The van der Waals surface area contributed by atoms with Crippen LogP contribution in [0, 0.1) is 0 Å². The Hall–Kier alpha value is -5.15. The summed E-state index contributed by atoms with van der Waals surface area (Å²) in [6, 6.07) is 27.0. The van der Waals surface area contributed by atoms with Gasteiger partial charge in [-0.15, -0.1) is 0 Å². The molecule has 4 aromatic carbocycles. The van der Waals surface area contributed by atoms with Crippen molar-refractivity contribution < 1.29 is 28.9 Å². The molecule has 5 aromatic rings. The number of aliphatic hydroxyl groups is 1. The Labute approximate surface area is 264 Å². The van der Waals surface area contributed by atoms with Gasteiger partial charge in [0.25, 0.3) is 5.78 Å². The molecule has 226 valence electrons. The Morgan fingerprint density at radius 2 is 1.76 bits per heavy atom. The molecule has 3 heterocycles. The topological polar surface area (TPSA) is 98.2 Å². The molecule has 0 bridgehead atoms. The molecule has 1 fully saturated rings. The van der Waals surface area contributed by atoms with E-state index in [2.05, 4.69) is 0 Å². The van der Waals surface area contributed by atoms with Crippen LogP contribution in [-0.2, 0) is 22.6 Å². The standard InChI is InChI=1S/C36H30N2O6S/c1-3-42-27-14-15-28-30(19-27)45-36(37-28)38-32(23-9-12-26(13-10-23)43-20-22-7-5-4-6-8-22)31(34(40)35(38)41)33(39)24-11-16-29-25(18-24)17-21(2)44-29/h4-16,18-19,21,32,39H,3,17,20H2,1-2H3/b33-31-. The molecule has 0 aliphatic carbocycles. The van der Waals surface area contributed by atoms with Gasteiger partial charge in [0, 0.05) is 12.0 Å². The highest BCUT2D eigenvalue weighted by Gasteiger charge is 2.48. The minimum atomic E-state index is -0.913. The van der Waals surface area contributed by atoms with Crippen LogP contribution in [0.15, 0.2) is 96.6 Å². The first-order valence-corrected chi connectivity index (χ1v) is 15.6. The van der Waals surface area contributed by atoms with E-state index in [0.717, 1.165) is 21.6 Å². The first-order chi connectivity index (χ1) is 21.9. The zero-order valence-electron chi connectivity index (χ0n) is 24.7. The minimum Gasteiger partial charge on any atom is -0.507 e. The molecule has 0 saturated carbocycles. The predicted molar refractivity (Wildman–Crippen MR) is 173 cm³/mol. The predicted octanol–water partition coefficient (Wildman–Crippen LogP) is 7.22.